The van der Waals surface area contributed by atoms with Gasteiger partial charge in [-0.25, -0.2) is 0 Å². The average Bonchev–Trinajstić information content (AvgIpc) is 2.55. The number of rotatable bonds is 6. The molecule has 5 heteroatoms. The summed E-state index contributed by atoms with van der Waals surface area (Å²) in [5.74, 6) is 0.430. The lowest BCUT2D eigenvalue weighted by Crippen LogP contribution is -2.53. The fourth-order valence-electron chi connectivity index (χ4n) is 2.58. The number of amides is 2. The Labute approximate surface area is 122 Å². The molecule has 3 atom stereocenters. The zero-order chi connectivity index (χ0) is 15.3. The van der Waals surface area contributed by atoms with Crippen molar-refractivity contribution in [2.75, 3.05) is 20.3 Å². The van der Waals surface area contributed by atoms with E-state index in [0.29, 0.717) is 25.5 Å². The minimum absolute atomic E-state index is 0.0201. The SMILES string of the molecule is CCC(C)C1NC(=O)CCN(C(COC)C(C)C)C1=O. The second-order valence-corrected chi connectivity index (χ2v) is 5.98. The summed E-state index contributed by atoms with van der Waals surface area (Å²) < 4.78 is 5.26. The number of carbonyl (C=O) groups is 2. The highest BCUT2D eigenvalue weighted by Gasteiger charge is 2.36. The van der Waals surface area contributed by atoms with Crippen molar-refractivity contribution in [1.82, 2.24) is 10.2 Å². The Kier molecular flexibility index (Phi) is 6.46. The van der Waals surface area contributed by atoms with Gasteiger partial charge in [0.2, 0.25) is 11.8 Å². The average molecular weight is 284 g/mol. The van der Waals surface area contributed by atoms with E-state index in [1.54, 1.807) is 7.11 Å². The van der Waals surface area contributed by atoms with Crippen molar-refractivity contribution < 1.29 is 14.3 Å². The number of hydrogen-bond acceptors (Lipinski definition) is 3. The molecule has 0 aliphatic carbocycles. The molecule has 0 spiro atoms. The Morgan fingerprint density at radius 1 is 1.35 bits per heavy atom. The van der Waals surface area contributed by atoms with E-state index in [9.17, 15) is 9.59 Å². The monoisotopic (exact) mass is 284 g/mol. The van der Waals surface area contributed by atoms with Gasteiger partial charge in [0, 0.05) is 20.1 Å². The molecule has 1 N–H and O–H groups in total. The molecular weight excluding hydrogens is 256 g/mol. The number of ether oxygens (including phenoxy) is 1. The number of carbonyl (C=O) groups excluding carboxylic acids is 2. The third-order valence-electron chi connectivity index (χ3n) is 4.17. The largest absolute Gasteiger partial charge is 0.383 e. The first-order valence-corrected chi connectivity index (χ1v) is 7.51. The van der Waals surface area contributed by atoms with Crippen molar-refractivity contribution in [3.8, 4) is 0 Å². The van der Waals surface area contributed by atoms with E-state index in [1.807, 2.05) is 18.7 Å². The summed E-state index contributed by atoms with van der Waals surface area (Å²) in [5.41, 5.74) is 0. The first-order valence-electron chi connectivity index (χ1n) is 7.51. The van der Waals surface area contributed by atoms with E-state index < -0.39 is 6.04 Å². The van der Waals surface area contributed by atoms with Crippen LogP contribution in [0, 0.1) is 11.8 Å². The lowest BCUT2D eigenvalue weighted by Gasteiger charge is -2.35. The number of methoxy groups -OCH3 is 1. The van der Waals surface area contributed by atoms with Crippen LogP contribution < -0.4 is 5.32 Å². The van der Waals surface area contributed by atoms with Gasteiger partial charge in [0.15, 0.2) is 0 Å². The molecule has 116 valence electrons. The molecule has 0 aromatic heterocycles. The highest BCUT2D eigenvalue weighted by Crippen LogP contribution is 2.19. The topological polar surface area (TPSA) is 58.6 Å². The lowest BCUT2D eigenvalue weighted by molar-refractivity contribution is -0.139. The van der Waals surface area contributed by atoms with Crippen molar-refractivity contribution in [3.63, 3.8) is 0 Å². The summed E-state index contributed by atoms with van der Waals surface area (Å²) in [6, 6.07) is -0.389. The molecule has 1 heterocycles. The van der Waals surface area contributed by atoms with Gasteiger partial charge in [-0.2, -0.15) is 0 Å². The second kappa shape index (κ2) is 7.62. The fraction of sp³-hybridized carbons (Fsp3) is 0.867. The number of nitrogens with zero attached hydrogens (tertiary/aromatic N) is 1. The third kappa shape index (κ3) is 3.95. The van der Waals surface area contributed by atoms with E-state index in [2.05, 4.69) is 19.2 Å². The van der Waals surface area contributed by atoms with Crippen LogP contribution in [0.5, 0.6) is 0 Å². The predicted octanol–water partition coefficient (Wildman–Crippen LogP) is 1.42. The molecule has 1 aliphatic rings. The predicted molar refractivity (Wildman–Crippen MR) is 78.2 cm³/mol. The van der Waals surface area contributed by atoms with Crippen LogP contribution in [0.2, 0.25) is 0 Å². The fourth-order valence-corrected chi connectivity index (χ4v) is 2.58. The molecule has 0 radical (unpaired) electrons. The maximum absolute atomic E-state index is 12.8. The zero-order valence-corrected chi connectivity index (χ0v) is 13.3. The highest BCUT2D eigenvalue weighted by atomic mass is 16.5. The maximum atomic E-state index is 12.8. The van der Waals surface area contributed by atoms with Crippen LogP contribution in [-0.2, 0) is 14.3 Å². The minimum Gasteiger partial charge on any atom is -0.383 e. The Bertz CT molecular complexity index is 344. The van der Waals surface area contributed by atoms with Gasteiger partial charge in [0.1, 0.15) is 6.04 Å². The Hall–Kier alpha value is -1.10. The molecule has 1 saturated heterocycles. The molecule has 1 aliphatic heterocycles. The second-order valence-electron chi connectivity index (χ2n) is 5.98. The van der Waals surface area contributed by atoms with E-state index in [0.717, 1.165) is 6.42 Å². The number of hydrogen-bond donors (Lipinski definition) is 1. The van der Waals surface area contributed by atoms with Gasteiger partial charge in [-0.3, -0.25) is 9.59 Å². The Morgan fingerprint density at radius 2 is 2.00 bits per heavy atom. The van der Waals surface area contributed by atoms with Gasteiger partial charge in [-0.1, -0.05) is 34.1 Å². The van der Waals surface area contributed by atoms with Crippen molar-refractivity contribution in [3.05, 3.63) is 0 Å². The quantitative estimate of drug-likeness (QED) is 0.802. The van der Waals surface area contributed by atoms with Crippen LogP contribution in [0.15, 0.2) is 0 Å². The first-order chi connectivity index (χ1) is 9.42. The van der Waals surface area contributed by atoms with E-state index in [1.165, 1.54) is 0 Å². The van der Waals surface area contributed by atoms with Gasteiger partial charge in [-0.15, -0.1) is 0 Å². The number of nitrogens with one attached hydrogen (secondary N) is 1. The summed E-state index contributed by atoms with van der Waals surface area (Å²) in [6.45, 7) is 9.18. The summed E-state index contributed by atoms with van der Waals surface area (Å²) in [5, 5.41) is 2.87. The van der Waals surface area contributed by atoms with Crippen molar-refractivity contribution in [2.45, 2.75) is 52.6 Å². The molecule has 0 saturated carbocycles. The summed E-state index contributed by atoms with van der Waals surface area (Å²) in [6.07, 6.45) is 1.23. The molecule has 1 fully saturated rings. The standard InChI is InChI=1S/C15H28N2O3/c1-6-11(4)14-15(19)17(8-7-13(18)16-14)12(9-20-5)10(2)3/h10-12,14H,6-9H2,1-5H3,(H,16,18). The molecule has 0 aromatic carbocycles. The van der Waals surface area contributed by atoms with Gasteiger partial charge in [-0.05, 0) is 11.8 Å². The van der Waals surface area contributed by atoms with Gasteiger partial charge < -0.3 is 15.0 Å². The Balaban J connectivity index is 2.98. The van der Waals surface area contributed by atoms with Crippen LogP contribution in [0.3, 0.4) is 0 Å². The molecule has 20 heavy (non-hydrogen) atoms. The zero-order valence-electron chi connectivity index (χ0n) is 13.3. The molecule has 3 unspecified atom stereocenters. The third-order valence-corrected chi connectivity index (χ3v) is 4.17. The van der Waals surface area contributed by atoms with Gasteiger partial charge >= 0.3 is 0 Å². The van der Waals surface area contributed by atoms with E-state index in [-0.39, 0.29) is 23.8 Å². The smallest absolute Gasteiger partial charge is 0.245 e. The normalized spacial score (nSPS) is 23.5. The molecule has 1 rings (SSSR count). The maximum Gasteiger partial charge on any atom is 0.245 e. The summed E-state index contributed by atoms with van der Waals surface area (Å²) in [7, 11) is 1.65. The minimum atomic E-state index is -0.409. The molecule has 0 bridgehead atoms. The van der Waals surface area contributed by atoms with E-state index in [4.69, 9.17) is 4.74 Å². The Morgan fingerprint density at radius 3 is 2.50 bits per heavy atom. The molecule has 0 aromatic rings. The molecule has 2 amide bonds. The van der Waals surface area contributed by atoms with Crippen LogP contribution in [0.4, 0.5) is 0 Å². The highest BCUT2D eigenvalue weighted by molar-refractivity contribution is 5.90. The van der Waals surface area contributed by atoms with Crippen LogP contribution in [0.25, 0.3) is 0 Å². The van der Waals surface area contributed by atoms with Crippen LogP contribution >= 0.6 is 0 Å². The van der Waals surface area contributed by atoms with Crippen LogP contribution in [-0.4, -0.2) is 49.1 Å². The van der Waals surface area contributed by atoms with E-state index >= 15 is 0 Å². The van der Waals surface area contributed by atoms with Gasteiger partial charge in [0.05, 0.1) is 12.6 Å². The molecular formula is C15H28N2O3. The molecule has 5 nitrogen and oxygen atoms in total. The van der Waals surface area contributed by atoms with Crippen molar-refractivity contribution in [2.24, 2.45) is 11.8 Å². The van der Waals surface area contributed by atoms with Gasteiger partial charge in [0.25, 0.3) is 0 Å². The lowest BCUT2D eigenvalue weighted by atomic mass is 9.96. The van der Waals surface area contributed by atoms with Crippen molar-refractivity contribution in [1.29, 1.82) is 0 Å². The summed E-state index contributed by atoms with van der Waals surface area (Å²) >= 11 is 0. The van der Waals surface area contributed by atoms with Crippen molar-refractivity contribution >= 4 is 11.8 Å². The first kappa shape index (κ1) is 17.0. The van der Waals surface area contributed by atoms with Crippen LogP contribution in [0.1, 0.15) is 40.5 Å². The summed E-state index contributed by atoms with van der Waals surface area (Å²) in [4.78, 5) is 26.4.